The summed E-state index contributed by atoms with van der Waals surface area (Å²) < 4.78 is 27.3. The van der Waals surface area contributed by atoms with Crippen molar-refractivity contribution in [2.75, 3.05) is 10.5 Å². The van der Waals surface area contributed by atoms with E-state index in [2.05, 4.69) is 22.3 Å². The number of hydrogen-bond acceptors (Lipinski definition) is 6. The van der Waals surface area contributed by atoms with E-state index in [4.69, 9.17) is 0 Å². The molecule has 21 heavy (non-hydrogen) atoms. The van der Waals surface area contributed by atoms with Gasteiger partial charge in [0.1, 0.15) is 0 Å². The number of nitrogens with zero attached hydrogens (tertiary/aromatic N) is 1. The second-order valence-electron chi connectivity index (χ2n) is 4.37. The van der Waals surface area contributed by atoms with Crippen molar-refractivity contribution >= 4 is 45.5 Å². The fourth-order valence-corrected chi connectivity index (χ4v) is 4.50. The highest BCUT2D eigenvalue weighted by Crippen LogP contribution is 2.25. The Balaban J connectivity index is 2.25. The van der Waals surface area contributed by atoms with Crippen LogP contribution in [0.25, 0.3) is 0 Å². The molecule has 0 saturated carbocycles. The molecule has 0 amide bonds. The highest BCUT2D eigenvalue weighted by Gasteiger charge is 2.21. The van der Waals surface area contributed by atoms with Gasteiger partial charge in [0.15, 0.2) is 9.99 Å². The van der Waals surface area contributed by atoms with Crippen LogP contribution in [0.1, 0.15) is 21.1 Å². The number of carbonyl (C=O) groups excluding carboxylic acids is 1. The number of anilines is 1. The average Bonchev–Trinajstić information content (AvgIpc) is 2.78. The van der Waals surface area contributed by atoms with Gasteiger partial charge in [-0.3, -0.25) is 9.52 Å². The summed E-state index contributed by atoms with van der Waals surface area (Å²) in [6.07, 6.45) is 0. The number of nitrogens with one attached hydrogen (secondary N) is 1. The zero-order chi connectivity index (χ0) is 15.6. The summed E-state index contributed by atoms with van der Waals surface area (Å²) in [4.78, 5) is 15.6. The number of aromatic nitrogens is 1. The van der Waals surface area contributed by atoms with Gasteiger partial charge in [-0.2, -0.15) is 12.6 Å². The lowest BCUT2D eigenvalue weighted by molar-refractivity contribution is 0.102. The van der Waals surface area contributed by atoms with Crippen LogP contribution in [0.2, 0.25) is 0 Å². The van der Waals surface area contributed by atoms with Crippen LogP contribution in [0.5, 0.6) is 0 Å². The van der Waals surface area contributed by atoms with Crippen molar-refractivity contribution in [3.8, 4) is 0 Å². The van der Waals surface area contributed by atoms with E-state index in [0.29, 0.717) is 22.0 Å². The number of thiol groups is 1. The van der Waals surface area contributed by atoms with Crippen molar-refractivity contribution < 1.29 is 13.2 Å². The first kappa shape index (κ1) is 16.0. The number of rotatable bonds is 5. The van der Waals surface area contributed by atoms with Crippen LogP contribution >= 0.6 is 24.0 Å². The molecule has 0 fully saturated rings. The van der Waals surface area contributed by atoms with Crippen LogP contribution in [-0.4, -0.2) is 24.9 Å². The zero-order valence-corrected chi connectivity index (χ0v) is 14.0. The number of Topliss-reactive ketones (excluding diaryl/α,β-unsaturated/α-hetero) is 1. The minimum absolute atomic E-state index is 0.110. The summed E-state index contributed by atoms with van der Waals surface area (Å²) in [6, 6.07) is 6.25. The number of hydrogen-bond donors (Lipinski definition) is 2. The van der Waals surface area contributed by atoms with Gasteiger partial charge < -0.3 is 0 Å². The summed E-state index contributed by atoms with van der Waals surface area (Å²) >= 11 is 5.04. The van der Waals surface area contributed by atoms with Crippen molar-refractivity contribution in [2.45, 2.75) is 18.1 Å². The van der Waals surface area contributed by atoms with Gasteiger partial charge in [0.25, 0.3) is 10.0 Å². The fraction of sp³-hybridized carbons (Fsp3) is 0.231. The molecule has 0 radical (unpaired) electrons. The Bertz CT molecular complexity index is 764. The van der Waals surface area contributed by atoms with Gasteiger partial charge in [-0.1, -0.05) is 0 Å². The minimum atomic E-state index is -3.66. The van der Waals surface area contributed by atoms with E-state index in [1.54, 1.807) is 38.1 Å². The Morgan fingerprint density at radius 2 is 1.90 bits per heavy atom. The number of aryl methyl sites for hydroxylation is 2. The molecule has 1 aromatic carbocycles. The SMILES string of the molecule is Cc1nc(C)c(S(=O)(=O)Nc2ccc(C(=O)CS)cc2)s1. The van der Waals surface area contributed by atoms with E-state index in [1.165, 1.54) is 0 Å². The maximum atomic E-state index is 12.3. The summed E-state index contributed by atoms with van der Waals surface area (Å²) in [7, 11) is -3.66. The summed E-state index contributed by atoms with van der Waals surface area (Å²) in [5, 5.41) is 0.697. The third kappa shape index (κ3) is 3.63. The van der Waals surface area contributed by atoms with Crippen LogP contribution in [0.3, 0.4) is 0 Å². The van der Waals surface area contributed by atoms with E-state index in [-0.39, 0.29) is 15.7 Å². The Kier molecular flexibility index (Phi) is 4.70. The molecule has 1 heterocycles. The first-order chi connectivity index (χ1) is 9.83. The van der Waals surface area contributed by atoms with Gasteiger partial charge in [-0.05, 0) is 38.1 Å². The van der Waals surface area contributed by atoms with Crippen LogP contribution < -0.4 is 4.72 Å². The van der Waals surface area contributed by atoms with E-state index in [1.807, 2.05) is 0 Å². The molecule has 1 aromatic heterocycles. The molecule has 8 heteroatoms. The lowest BCUT2D eigenvalue weighted by atomic mass is 10.1. The predicted molar refractivity (Wildman–Crippen MR) is 87.0 cm³/mol. The number of sulfonamides is 1. The van der Waals surface area contributed by atoms with E-state index >= 15 is 0 Å². The van der Waals surface area contributed by atoms with Crippen LogP contribution in [-0.2, 0) is 10.0 Å². The largest absolute Gasteiger partial charge is 0.293 e. The van der Waals surface area contributed by atoms with Crippen LogP contribution in [0, 0.1) is 13.8 Å². The Hall–Kier alpha value is -1.38. The molecule has 0 aliphatic rings. The van der Waals surface area contributed by atoms with Gasteiger partial charge in [-0.25, -0.2) is 13.4 Å². The molecule has 0 unspecified atom stereocenters. The number of ketones is 1. The topological polar surface area (TPSA) is 76.1 Å². The normalized spacial score (nSPS) is 11.4. The summed E-state index contributed by atoms with van der Waals surface area (Å²) in [5.41, 5.74) is 1.38. The fourth-order valence-electron chi connectivity index (χ4n) is 1.78. The van der Waals surface area contributed by atoms with Crippen molar-refractivity contribution in [2.24, 2.45) is 0 Å². The molecular weight excluding hydrogens is 328 g/mol. The monoisotopic (exact) mass is 342 g/mol. The molecule has 0 bridgehead atoms. The van der Waals surface area contributed by atoms with E-state index < -0.39 is 10.0 Å². The quantitative estimate of drug-likeness (QED) is 0.647. The predicted octanol–water partition coefficient (Wildman–Crippen LogP) is 2.67. The molecule has 5 nitrogen and oxygen atoms in total. The molecule has 1 N–H and O–H groups in total. The first-order valence-corrected chi connectivity index (χ1v) is 8.97. The molecule has 0 aliphatic heterocycles. The number of benzene rings is 1. The summed E-state index contributed by atoms with van der Waals surface area (Å²) in [5.74, 6) is 0.00592. The van der Waals surface area contributed by atoms with Crippen molar-refractivity contribution in [1.29, 1.82) is 0 Å². The molecule has 112 valence electrons. The zero-order valence-electron chi connectivity index (χ0n) is 11.5. The van der Waals surface area contributed by atoms with Gasteiger partial charge in [0.2, 0.25) is 0 Å². The van der Waals surface area contributed by atoms with E-state index in [9.17, 15) is 13.2 Å². The smallest absolute Gasteiger partial charge is 0.273 e. The number of carbonyl (C=O) groups is 1. The minimum Gasteiger partial charge on any atom is -0.293 e. The second-order valence-corrected chi connectivity index (χ2v) is 7.77. The Morgan fingerprint density at radius 3 is 2.38 bits per heavy atom. The molecule has 2 rings (SSSR count). The standard InChI is InChI=1S/C13H14N2O3S3/c1-8-13(20-9(2)14-8)21(17,18)15-11-5-3-10(4-6-11)12(16)7-19/h3-6,15,19H,7H2,1-2H3. The lowest BCUT2D eigenvalue weighted by Gasteiger charge is -2.07. The molecule has 0 aliphatic carbocycles. The maximum Gasteiger partial charge on any atom is 0.273 e. The Labute approximate surface area is 132 Å². The average molecular weight is 342 g/mol. The lowest BCUT2D eigenvalue weighted by Crippen LogP contribution is -2.12. The van der Waals surface area contributed by atoms with Gasteiger partial charge >= 0.3 is 0 Å². The first-order valence-electron chi connectivity index (χ1n) is 6.04. The Morgan fingerprint density at radius 1 is 1.29 bits per heavy atom. The van der Waals surface area contributed by atoms with Gasteiger partial charge in [-0.15, -0.1) is 11.3 Å². The third-order valence-electron chi connectivity index (χ3n) is 2.71. The highest BCUT2D eigenvalue weighted by atomic mass is 32.2. The van der Waals surface area contributed by atoms with Crippen molar-refractivity contribution in [3.63, 3.8) is 0 Å². The van der Waals surface area contributed by atoms with Crippen molar-refractivity contribution in [3.05, 3.63) is 40.5 Å². The highest BCUT2D eigenvalue weighted by molar-refractivity contribution is 7.94. The van der Waals surface area contributed by atoms with Gasteiger partial charge in [0, 0.05) is 11.3 Å². The van der Waals surface area contributed by atoms with Crippen LogP contribution in [0.4, 0.5) is 5.69 Å². The summed E-state index contributed by atoms with van der Waals surface area (Å²) in [6.45, 7) is 3.42. The van der Waals surface area contributed by atoms with Crippen molar-refractivity contribution in [1.82, 2.24) is 4.98 Å². The molecular formula is C13H14N2O3S3. The van der Waals surface area contributed by atoms with Crippen LogP contribution in [0.15, 0.2) is 28.5 Å². The van der Waals surface area contributed by atoms with E-state index in [0.717, 1.165) is 11.3 Å². The third-order valence-corrected chi connectivity index (χ3v) is 6.06. The molecule has 2 aromatic rings. The number of thiazole rings is 1. The molecule has 0 saturated heterocycles. The molecule has 0 spiro atoms. The molecule has 0 atom stereocenters. The maximum absolute atomic E-state index is 12.3. The second kappa shape index (κ2) is 6.17. The van der Waals surface area contributed by atoms with Gasteiger partial charge in [0.05, 0.1) is 16.5 Å².